The highest BCUT2D eigenvalue weighted by Gasteiger charge is 2.22. The minimum absolute atomic E-state index is 0.0879. The Hall–Kier alpha value is -1.55. The molecule has 90 valence electrons. The van der Waals surface area contributed by atoms with E-state index < -0.39 is 0 Å². The van der Waals surface area contributed by atoms with Crippen LogP contribution in [0.15, 0.2) is 18.2 Å². The Bertz CT molecular complexity index is 451. The molecular weight excluding hydrogens is 216 g/mol. The standard InChI is InChI=1S/C13H16N2O2/c1-14-4-6-15(7-5-14)10-2-3-11-12(16)9-17-13(11)8-10/h2-3,8H,4-7,9H2,1H3. The molecule has 0 aromatic heterocycles. The number of fused-ring (bicyclic) bond motifs is 1. The summed E-state index contributed by atoms with van der Waals surface area (Å²) in [5.74, 6) is 0.830. The van der Waals surface area contributed by atoms with Gasteiger partial charge in [-0.2, -0.15) is 0 Å². The van der Waals surface area contributed by atoms with Crippen LogP contribution in [0.25, 0.3) is 0 Å². The number of likely N-dealkylation sites (N-methyl/N-ethyl adjacent to an activating group) is 1. The molecule has 17 heavy (non-hydrogen) atoms. The number of Topliss-reactive ketones (excluding diaryl/α,β-unsaturated/α-hetero) is 1. The number of ether oxygens (including phenoxy) is 1. The van der Waals surface area contributed by atoms with E-state index in [1.54, 1.807) is 0 Å². The van der Waals surface area contributed by atoms with E-state index >= 15 is 0 Å². The predicted molar refractivity (Wildman–Crippen MR) is 66.0 cm³/mol. The summed E-state index contributed by atoms with van der Waals surface area (Å²) in [5, 5.41) is 0. The van der Waals surface area contributed by atoms with Gasteiger partial charge >= 0.3 is 0 Å². The zero-order valence-electron chi connectivity index (χ0n) is 9.98. The minimum Gasteiger partial charge on any atom is -0.485 e. The first-order chi connectivity index (χ1) is 8.24. The van der Waals surface area contributed by atoms with Gasteiger partial charge in [0.1, 0.15) is 5.75 Å². The topological polar surface area (TPSA) is 32.8 Å². The predicted octanol–water partition coefficient (Wildman–Crippen LogP) is 1.01. The quantitative estimate of drug-likeness (QED) is 0.723. The third-order valence-electron chi connectivity index (χ3n) is 3.49. The highest BCUT2D eigenvalue weighted by atomic mass is 16.5. The third-order valence-corrected chi connectivity index (χ3v) is 3.49. The van der Waals surface area contributed by atoms with Gasteiger partial charge in [0.2, 0.25) is 5.78 Å². The summed E-state index contributed by atoms with van der Waals surface area (Å²) in [7, 11) is 2.14. The van der Waals surface area contributed by atoms with Gasteiger partial charge in [-0.25, -0.2) is 0 Å². The normalized spacial score (nSPS) is 20.3. The van der Waals surface area contributed by atoms with Crippen LogP contribution in [0.1, 0.15) is 10.4 Å². The number of anilines is 1. The van der Waals surface area contributed by atoms with Crippen molar-refractivity contribution >= 4 is 11.5 Å². The molecule has 0 spiro atoms. The molecule has 1 aromatic carbocycles. The van der Waals surface area contributed by atoms with Gasteiger partial charge in [-0.05, 0) is 19.2 Å². The number of carbonyl (C=O) groups excluding carboxylic acids is 1. The van der Waals surface area contributed by atoms with Crippen molar-refractivity contribution in [2.24, 2.45) is 0 Å². The summed E-state index contributed by atoms with van der Waals surface area (Å²) in [6.45, 7) is 4.42. The van der Waals surface area contributed by atoms with Gasteiger partial charge in [-0.15, -0.1) is 0 Å². The van der Waals surface area contributed by atoms with Gasteiger partial charge in [0.25, 0.3) is 0 Å². The number of ketones is 1. The summed E-state index contributed by atoms with van der Waals surface area (Å²) >= 11 is 0. The zero-order chi connectivity index (χ0) is 11.8. The minimum atomic E-state index is 0.0879. The van der Waals surface area contributed by atoms with Crippen molar-refractivity contribution in [2.75, 3.05) is 44.7 Å². The molecular formula is C13H16N2O2. The lowest BCUT2D eigenvalue weighted by Crippen LogP contribution is -2.44. The molecule has 0 atom stereocenters. The lowest BCUT2D eigenvalue weighted by molar-refractivity contribution is 0.0961. The van der Waals surface area contributed by atoms with E-state index in [1.165, 1.54) is 0 Å². The molecule has 3 rings (SSSR count). The number of piperazine rings is 1. The molecule has 0 aliphatic carbocycles. The number of benzene rings is 1. The van der Waals surface area contributed by atoms with Crippen LogP contribution in [0.2, 0.25) is 0 Å². The van der Waals surface area contributed by atoms with E-state index in [1.807, 2.05) is 18.2 Å². The van der Waals surface area contributed by atoms with Gasteiger partial charge in [0.05, 0.1) is 5.56 Å². The summed E-state index contributed by atoms with van der Waals surface area (Å²) in [5.41, 5.74) is 1.88. The number of rotatable bonds is 1. The van der Waals surface area contributed by atoms with E-state index in [0.717, 1.165) is 43.2 Å². The third kappa shape index (κ3) is 1.89. The number of carbonyl (C=O) groups is 1. The van der Waals surface area contributed by atoms with Crippen LogP contribution >= 0.6 is 0 Å². The summed E-state index contributed by atoms with van der Waals surface area (Å²) < 4.78 is 5.38. The second-order valence-corrected chi connectivity index (χ2v) is 4.68. The number of hydrogen-bond acceptors (Lipinski definition) is 4. The molecule has 0 bridgehead atoms. The fraction of sp³-hybridized carbons (Fsp3) is 0.462. The van der Waals surface area contributed by atoms with Crippen LogP contribution in [-0.4, -0.2) is 50.5 Å². The summed E-state index contributed by atoms with van der Waals surface area (Å²) in [6, 6.07) is 5.90. The van der Waals surface area contributed by atoms with Crippen LogP contribution < -0.4 is 9.64 Å². The van der Waals surface area contributed by atoms with Crippen LogP contribution in [0.5, 0.6) is 5.75 Å². The van der Waals surface area contributed by atoms with Gasteiger partial charge in [-0.1, -0.05) is 0 Å². The Labute approximate surface area is 101 Å². The maximum absolute atomic E-state index is 11.5. The Kier molecular flexibility index (Phi) is 2.52. The molecule has 1 aromatic rings. The molecule has 0 unspecified atom stereocenters. The van der Waals surface area contributed by atoms with Crippen LogP contribution in [0, 0.1) is 0 Å². The van der Waals surface area contributed by atoms with Crippen molar-refractivity contribution in [1.29, 1.82) is 0 Å². The fourth-order valence-corrected chi connectivity index (χ4v) is 2.34. The average molecular weight is 232 g/mol. The van der Waals surface area contributed by atoms with E-state index in [2.05, 4.69) is 16.8 Å². The van der Waals surface area contributed by atoms with E-state index in [-0.39, 0.29) is 12.4 Å². The SMILES string of the molecule is CN1CCN(c2ccc3c(c2)OCC3=O)CC1. The molecule has 2 aliphatic heterocycles. The Morgan fingerprint density at radius 2 is 1.94 bits per heavy atom. The van der Waals surface area contributed by atoms with Crippen LogP contribution in [-0.2, 0) is 0 Å². The van der Waals surface area contributed by atoms with Crippen molar-refractivity contribution in [3.05, 3.63) is 23.8 Å². The molecule has 4 nitrogen and oxygen atoms in total. The maximum atomic E-state index is 11.5. The first-order valence-corrected chi connectivity index (χ1v) is 5.97. The summed E-state index contributed by atoms with van der Waals surface area (Å²) in [6.07, 6.45) is 0. The highest BCUT2D eigenvalue weighted by Crippen LogP contribution is 2.30. The van der Waals surface area contributed by atoms with E-state index in [0.29, 0.717) is 0 Å². The van der Waals surface area contributed by atoms with Gasteiger partial charge in [0, 0.05) is 37.9 Å². The molecule has 2 heterocycles. The Morgan fingerprint density at radius 1 is 1.18 bits per heavy atom. The average Bonchev–Trinajstić information content (AvgIpc) is 2.72. The Balaban J connectivity index is 1.83. The highest BCUT2D eigenvalue weighted by molar-refractivity contribution is 6.02. The monoisotopic (exact) mass is 232 g/mol. The lowest BCUT2D eigenvalue weighted by atomic mass is 10.1. The second-order valence-electron chi connectivity index (χ2n) is 4.68. The van der Waals surface area contributed by atoms with Gasteiger partial charge in [-0.3, -0.25) is 4.79 Å². The molecule has 1 fully saturated rings. The van der Waals surface area contributed by atoms with Crippen LogP contribution in [0.3, 0.4) is 0 Å². The molecule has 1 saturated heterocycles. The molecule has 0 N–H and O–H groups in total. The van der Waals surface area contributed by atoms with Crippen molar-refractivity contribution < 1.29 is 9.53 Å². The van der Waals surface area contributed by atoms with Crippen molar-refractivity contribution in [3.8, 4) is 5.75 Å². The smallest absolute Gasteiger partial charge is 0.203 e. The van der Waals surface area contributed by atoms with Crippen molar-refractivity contribution in [3.63, 3.8) is 0 Å². The largest absolute Gasteiger partial charge is 0.485 e. The Morgan fingerprint density at radius 3 is 2.71 bits per heavy atom. The van der Waals surface area contributed by atoms with Gasteiger partial charge in [0.15, 0.2) is 6.61 Å². The number of hydrogen-bond donors (Lipinski definition) is 0. The first kappa shape index (κ1) is 10.6. The molecule has 0 saturated carbocycles. The lowest BCUT2D eigenvalue weighted by Gasteiger charge is -2.34. The molecule has 0 amide bonds. The maximum Gasteiger partial charge on any atom is 0.203 e. The van der Waals surface area contributed by atoms with E-state index in [9.17, 15) is 4.79 Å². The molecule has 0 radical (unpaired) electrons. The second kappa shape index (κ2) is 4.04. The van der Waals surface area contributed by atoms with E-state index in [4.69, 9.17) is 4.74 Å². The van der Waals surface area contributed by atoms with Crippen molar-refractivity contribution in [2.45, 2.75) is 0 Å². The molecule has 2 aliphatic rings. The first-order valence-electron chi connectivity index (χ1n) is 5.97. The van der Waals surface area contributed by atoms with Crippen molar-refractivity contribution in [1.82, 2.24) is 4.90 Å². The van der Waals surface area contributed by atoms with Crippen LogP contribution in [0.4, 0.5) is 5.69 Å². The van der Waals surface area contributed by atoms with Gasteiger partial charge < -0.3 is 14.5 Å². The summed E-state index contributed by atoms with van der Waals surface area (Å²) in [4.78, 5) is 16.1. The molecule has 4 heteroatoms. The fourth-order valence-electron chi connectivity index (χ4n) is 2.34. The zero-order valence-corrected chi connectivity index (χ0v) is 9.98. The number of nitrogens with zero attached hydrogens (tertiary/aromatic N) is 2.